The maximum atomic E-state index is 11.3. The van der Waals surface area contributed by atoms with Crippen LogP contribution in [-0.2, 0) is 14.3 Å². The molecule has 0 aliphatic carbocycles. The minimum atomic E-state index is -0.483. The molecule has 0 aliphatic rings. The average molecular weight is 216 g/mol. The lowest BCUT2D eigenvalue weighted by atomic mass is 10.1. The van der Waals surface area contributed by atoms with Gasteiger partial charge < -0.3 is 15.8 Å². The summed E-state index contributed by atoms with van der Waals surface area (Å²) in [6.45, 7) is 4.23. The van der Waals surface area contributed by atoms with Gasteiger partial charge in [-0.05, 0) is 12.3 Å². The molecule has 0 aliphatic heterocycles. The zero-order chi connectivity index (χ0) is 11.8. The Kier molecular flexibility index (Phi) is 6.70. The van der Waals surface area contributed by atoms with Crippen molar-refractivity contribution in [2.45, 2.75) is 32.7 Å². The van der Waals surface area contributed by atoms with Crippen LogP contribution in [0.5, 0.6) is 0 Å². The second-order valence-electron chi connectivity index (χ2n) is 3.74. The molecule has 88 valence electrons. The van der Waals surface area contributed by atoms with Gasteiger partial charge in [-0.2, -0.15) is 0 Å². The molecule has 0 heterocycles. The summed E-state index contributed by atoms with van der Waals surface area (Å²) in [6, 6.07) is -0.483. The lowest BCUT2D eigenvalue weighted by molar-refractivity contribution is -0.140. The van der Waals surface area contributed by atoms with E-state index in [1.807, 2.05) is 13.8 Å². The van der Waals surface area contributed by atoms with Crippen LogP contribution < -0.4 is 11.1 Å². The number of carbonyl (C=O) groups is 2. The summed E-state index contributed by atoms with van der Waals surface area (Å²) in [6.07, 6.45) is 0.886. The first-order chi connectivity index (χ1) is 6.99. The lowest BCUT2D eigenvalue weighted by Crippen LogP contribution is -2.44. The van der Waals surface area contributed by atoms with Crippen molar-refractivity contribution in [3.63, 3.8) is 0 Å². The number of nitrogens with one attached hydrogen (secondary N) is 1. The van der Waals surface area contributed by atoms with Gasteiger partial charge in [-0.15, -0.1) is 0 Å². The molecule has 0 spiro atoms. The number of esters is 1. The Morgan fingerprint density at radius 2 is 2.00 bits per heavy atom. The molecule has 0 aromatic rings. The van der Waals surface area contributed by atoms with E-state index < -0.39 is 6.04 Å². The molecule has 5 heteroatoms. The molecule has 0 rings (SSSR count). The van der Waals surface area contributed by atoms with Crippen molar-refractivity contribution in [2.24, 2.45) is 11.7 Å². The highest BCUT2D eigenvalue weighted by atomic mass is 16.5. The summed E-state index contributed by atoms with van der Waals surface area (Å²) >= 11 is 0. The van der Waals surface area contributed by atoms with Crippen LogP contribution in [-0.4, -0.2) is 31.6 Å². The van der Waals surface area contributed by atoms with Gasteiger partial charge in [0.25, 0.3) is 0 Å². The summed E-state index contributed by atoms with van der Waals surface area (Å²) in [4.78, 5) is 22.1. The van der Waals surface area contributed by atoms with Crippen LogP contribution >= 0.6 is 0 Å². The van der Waals surface area contributed by atoms with Gasteiger partial charge >= 0.3 is 5.97 Å². The van der Waals surface area contributed by atoms with Crippen molar-refractivity contribution in [1.29, 1.82) is 0 Å². The van der Waals surface area contributed by atoms with Crippen molar-refractivity contribution < 1.29 is 14.3 Å². The van der Waals surface area contributed by atoms with Crippen LogP contribution in [0.2, 0.25) is 0 Å². The average Bonchev–Trinajstić information content (AvgIpc) is 2.22. The Labute approximate surface area is 90.4 Å². The van der Waals surface area contributed by atoms with Gasteiger partial charge in [0.2, 0.25) is 5.91 Å². The maximum absolute atomic E-state index is 11.3. The molecule has 0 saturated heterocycles. The Hall–Kier alpha value is -1.10. The molecule has 0 unspecified atom stereocenters. The molecule has 3 N–H and O–H groups in total. The topological polar surface area (TPSA) is 81.4 Å². The molecule has 1 amide bonds. The van der Waals surface area contributed by atoms with Crippen LogP contribution in [0.15, 0.2) is 0 Å². The van der Waals surface area contributed by atoms with Gasteiger partial charge in [-0.25, -0.2) is 0 Å². The second-order valence-corrected chi connectivity index (χ2v) is 3.74. The fraction of sp³-hybridized carbons (Fsp3) is 0.800. The largest absolute Gasteiger partial charge is 0.469 e. The highest BCUT2D eigenvalue weighted by Gasteiger charge is 2.16. The van der Waals surface area contributed by atoms with Gasteiger partial charge in [-0.3, -0.25) is 9.59 Å². The Balaban J connectivity index is 3.60. The van der Waals surface area contributed by atoms with Crippen molar-refractivity contribution in [2.75, 3.05) is 13.7 Å². The maximum Gasteiger partial charge on any atom is 0.305 e. The Bertz CT molecular complexity index is 217. The Morgan fingerprint density at radius 3 is 2.47 bits per heavy atom. The van der Waals surface area contributed by atoms with Crippen LogP contribution in [0.4, 0.5) is 0 Å². The van der Waals surface area contributed by atoms with Crippen LogP contribution in [0.3, 0.4) is 0 Å². The predicted octanol–water partition coefficient (Wildman–Crippen LogP) is 0.0391. The number of hydrogen-bond donors (Lipinski definition) is 2. The van der Waals surface area contributed by atoms with Gasteiger partial charge in [-0.1, -0.05) is 13.8 Å². The van der Waals surface area contributed by atoms with Crippen LogP contribution in [0.25, 0.3) is 0 Å². The third-order valence-electron chi connectivity index (χ3n) is 2.11. The molecule has 0 radical (unpaired) electrons. The predicted molar refractivity (Wildman–Crippen MR) is 57.1 cm³/mol. The molecule has 15 heavy (non-hydrogen) atoms. The number of rotatable bonds is 6. The van der Waals surface area contributed by atoms with E-state index in [2.05, 4.69) is 10.1 Å². The molecular formula is C10H20N2O3. The zero-order valence-corrected chi connectivity index (χ0v) is 9.58. The molecule has 0 fully saturated rings. The Morgan fingerprint density at radius 1 is 1.40 bits per heavy atom. The highest BCUT2D eigenvalue weighted by Crippen LogP contribution is 1.98. The molecule has 0 aromatic carbocycles. The first-order valence-electron chi connectivity index (χ1n) is 5.09. The summed E-state index contributed by atoms with van der Waals surface area (Å²) in [5, 5.41) is 2.67. The molecule has 0 saturated carbocycles. The lowest BCUT2D eigenvalue weighted by Gasteiger charge is -2.14. The van der Waals surface area contributed by atoms with Crippen LogP contribution in [0.1, 0.15) is 26.7 Å². The van der Waals surface area contributed by atoms with E-state index in [1.54, 1.807) is 0 Å². The van der Waals surface area contributed by atoms with Gasteiger partial charge in [0.05, 0.1) is 13.2 Å². The van der Waals surface area contributed by atoms with Crippen molar-refractivity contribution in [3.8, 4) is 0 Å². The number of methoxy groups -OCH3 is 1. The van der Waals surface area contributed by atoms with E-state index in [-0.39, 0.29) is 17.8 Å². The quantitative estimate of drug-likeness (QED) is 0.485. The first kappa shape index (κ1) is 13.9. The van der Waals surface area contributed by atoms with E-state index in [0.717, 1.165) is 0 Å². The van der Waals surface area contributed by atoms with Crippen LogP contribution in [0, 0.1) is 5.92 Å². The summed E-state index contributed by atoms with van der Waals surface area (Å²) in [5.74, 6) is -0.321. The van der Waals surface area contributed by atoms with E-state index in [9.17, 15) is 9.59 Å². The van der Waals surface area contributed by atoms with Crippen molar-refractivity contribution in [3.05, 3.63) is 0 Å². The number of ether oxygens (including phenoxy) is 1. The summed E-state index contributed by atoms with van der Waals surface area (Å²) in [7, 11) is 1.34. The van der Waals surface area contributed by atoms with E-state index in [1.165, 1.54) is 7.11 Å². The van der Waals surface area contributed by atoms with Gasteiger partial charge in [0.1, 0.15) is 0 Å². The molecule has 0 aromatic heterocycles. The fourth-order valence-corrected chi connectivity index (χ4v) is 0.967. The third-order valence-corrected chi connectivity index (χ3v) is 2.11. The molecule has 0 bridgehead atoms. The molecule has 5 nitrogen and oxygen atoms in total. The second kappa shape index (κ2) is 7.23. The van der Waals surface area contributed by atoms with Crippen molar-refractivity contribution in [1.82, 2.24) is 5.32 Å². The zero-order valence-electron chi connectivity index (χ0n) is 9.58. The van der Waals surface area contributed by atoms with E-state index >= 15 is 0 Å². The van der Waals surface area contributed by atoms with E-state index in [4.69, 9.17) is 5.73 Å². The highest BCUT2D eigenvalue weighted by molar-refractivity contribution is 5.81. The standard InChI is InChI=1S/C10H20N2O3/c1-7(2)9(11)10(14)12-6-4-5-8(13)15-3/h7,9H,4-6,11H2,1-3H3,(H,12,14)/t9-/m0/s1. The fourth-order valence-electron chi connectivity index (χ4n) is 0.967. The molecular weight excluding hydrogens is 196 g/mol. The van der Waals surface area contributed by atoms with E-state index in [0.29, 0.717) is 19.4 Å². The van der Waals surface area contributed by atoms with Crippen molar-refractivity contribution >= 4 is 11.9 Å². The smallest absolute Gasteiger partial charge is 0.305 e. The first-order valence-corrected chi connectivity index (χ1v) is 5.09. The normalized spacial score (nSPS) is 12.3. The SMILES string of the molecule is COC(=O)CCCNC(=O)[C@@H](N)C(C)C. The minimum Gasteiger partial charge on any atom is -0.469 e. The van der Waals surface area contributed by atoms with Gasteiger partial charge in [0, 0.05) is 13.0 Å². The summed E-state index contributed by atoms with van der Waals surface area (Å²) < 4.78 is 4.47. The minimum absolute atomic E-state index is 0.116. The van der Waals surface area contributed by atoms with Gasteiger partial charge in [0.15, 0.2) is 0 Å². The molecule has 1 atom stereocenters. The number of nitrogens with two attached hydrogens (primary N) is 1. The number of hydrogen-bond acceptors (Lipinski definition) is 4. The summed E-state index contributed by atoms with van der Waals surface area (Å²) in [5.41, 5.74) is 5.62. The number of amides is 1. The monoisotopic (exact) mass is 216 g/mol. The number of carbonyl (C=O) groups excluding carboxylic acids is 2. The third kappa shape index (κ3) is 6.06.